The van der Waals surface area contributed by atoms with Crippen molar-refractivity contribution in [1.29, 1.82) is 0 Å². The Morgan fingerprint density at radius 3 is 2.55 bits per heavy atom. The van der Waals surface area contributed by atoms with E-state index >= 15 is 0 Å². The molecule has 1 heterocycles. The second-order valence-corrected chi connectivity index (χ2v) is 5.39. The van der Waals surface area contributed by atoms with Crippen LogP contribution in [-0.2, 0) is 0 Å². The molecule has 2 rings (SSSR count). The lowest BCUT2D eigenvalue weighted by Crippen LogP contribution is -2.18. The molecular weight excluding hydrogens is 346 g/mol. The third-order valence-corrected chi connectivity index (χ3v) is 3.15. The summed E-state index contributed by atoms with van der Waals surface area (Å²) in [5.41, 5.74) is 3.08. The standard InChI is InChI=1S/C11H13BrClN7/c1-20(2)11-17-9(16-10(18-11)19-14)15-8-5-6(12)3-4-7(8)13/h3-5H,14H2,1-2H3,(H2,15,16,17,18,19). The van der Waals surface area contributed by atoms with Gasteiger partial charge in [0.25, 0.3) is 0 Å². The molecule has 2 aromatic rings. The molecule has 0 radical (unpaired) electrons. The number of nitrogens with two attached hydrogens (primary N) is 1. The van der Waals surface area contributed by atoms with Crippen LogP contribution >= 0.6 is 27.5 Å². The van der Waals surface area contributed by atoms with Crippen LogP contribution in [0.2, 0.25) is 5.02 Å². The number of halogens is 2. The molecule has 0 amide bonds. The number of hydrogen-bond donors (Lipinski definition) is 3. The van der Waals surface area contributed by atoms with Crippen LogP contribution in [0.1, 0.15) is 0 Å². The molecule has 0 aliphatic carbocycles. The summed E-state index contributed by atoms with van der Waals surface area (Å²) in [6, 6.07) is 5.44. The van der Waals surface area contributed by atoms with Crippen molar-refractivity contribution in [2.75, 3.05) is 29.7 Å². The zero-order valence-corrected chi connectivity index (χ0v) is 13.2. The number of anilines is 4. The summed E-state index contributed by atoms with van der Waals surface area (Å²) in [4.78, 5) is 14.3. The van der Waals surface area contributed by atoms with E-state index in [4.69, 9.17) is 17.4 Å². The van der Waals surface area contributed by atoms with Crippen LogP contribution < -0.4 is 21.5 Å². The topological polar surface area (TPSA) is 92.0 Å². The van der Waals surface area contributed by atoms with Crippen molar-refractivity contribution in [2.24, 2.45) is 5.84 Å². The lowest BCUT2D eigenvalue weighted by atomic mass is 10.3. The Bertz CT molecular complexity index is 620. The maximum Gasteiger partial charge on any atom is 0.243 e. The Morgan fingerprint density at radius 1 is 1.20 bits per heavy atom. The fraction of sp³-hybridized carbons (Fsp3) is 0.182. The van der Waals surface area contributed by atoms with Gasteiger partial charge >= 0.3 is 0 Å². The van der Waals surface area contributed by atoms with E-state index in [1.54, 1.807) is 11.0 Å². The highest BCUT2D eigenvalue weighted by Gasteiger charge is 2.09. The maximum atomic E-state index is 6.12. The summed E-state index contributed by atoms with van der Waals surface area (Å²) in [5, 5.41) is 3.59. The van der Waals surface area contributed by atoms with E-state index in [1.807, 2.05) is 26.2 Å². The molecule has 0 spiro atoms. The highest BCUT2D eigenvalue weighted by atomic mass is 79.9. The van der Waals surface area contributed by atoms with Gasteiger partial charge in [0.2, 0.25) is 17.8 Å². The first-order valence-electron chi connectivity index (χ1n) is 5.61. The van der Waals surface area contributed by atoms with Gasteiger partial charge in [0, 0.05) is 18.6 Å². The second kappa shape index (κ2) is 6.21. The Morgan fingerprint density at radius 2 is 1.90 bits per heavy atom. The molecule has 0 aliphatic rings. The molecule has 4 N–H and O–H groups in total. The third kappa shape index (κ3) is 3.47. The van der Waals surface area contributed by atoms with Gasteiger partial charge in [0.1, 0.15) is 0 Å². The Hall–Kier alpha value is -1.64. The third-order valence-electron chi connectivity index (χ3n) is 2.33. The normalized spacial score (nSPS) is 10.2. The van der Waals surface area contributed by atoms with Gasteiger partial charge in [-0.2, -0.15) is 15.0 Å². The molecule has 9 heteroatoms. The zero-order valence-electron chi connectivity index (χ0n) is 10.9. The Kier molecular flexibility index (Phi) is 4.58. The van der Waals surface area contributed by atoms with Crippen molar-refractivity contribution in [1.82, 2.24) is 15.0 Å². The van der Waals surface area contributed by atoms with Crippen LogP contribution in [0, 0.1) is 0 Å². The van der Waals surface area contributed by atoms with Gasteiger partial charge in [-0.3, -0.25) is 5.43 Å². The number of aromatic nitrogens is 3. The monoisotopic (exact) mass is 357 g/mol. The molecule has 0 fully saturated rings. The number of hydrogen-bond acceptors (Lipinski definition) is 7. The van der Waals surface area contributed by atoms with Crippen molar-refractivity contribution < 1.29 is 0 Å². The van der Waals surface area contributed by atoms with Crippen LogP contribution in [0.15, 0.2) is 22.7 Å². The van der Waals surface area contributed by atoms with E-state index < -0.39 is 0 Å². The largest absolute Gasteiger partial charge is 0.347 e. The maximum absolute atomic E-state index is 6.12. The lowest BCUT2D eigenvalue weighted by Gasteiger charge is -2.13. The van der Waals surface area contributed by atoms with E-state index in [1.165, 1.54) is 0 Å². The van der Waals surface area contributed by atoms with Crippen molar-refractivity contribution >= 4 is 51.1 Å². The fourth-order valence-electron chi connectivity index (χ4n) is 1.40. The first kappa shape index (κ1) is 14.8. The molecule has 0 saturated heterocycles. The predicted molar refractivity (Wildman–Crippen MR) is 84.4 cm³/mol. The van der Waals surface area contributed by atoms with Crippen molar-refractivity contribution in [3.05, 3.63) is 27.7 Å². The number of rotatable bonds is 4. The van der Waals surface area contributed by atoms with Crippen LogP contribution in [0.5, 0.6) is 0 Å². The molecule has 106 valence electrons. The average Bonchev–Trinajstić information content (AvgIpc) is 2.42. The van der Waals surface area contributed by atoms with Gasteiger partial charge in [-0.05, 0) is 18.2 Å². The Balaban J connectivity index is 2.37. The molecule has 0 saturated carbocycles. The van der Waals surface area contributed by atoms with Gasteiger partial charge in [-0.15, -0.1) is 0 Å². The van der Waals surface area contributed by atoms with E-state index in [0.29, 0.717) is 22.6 Å². The minimum Gasteiger partial charge on any atom is -0.347 e. The number of nitrogen functional groups attached to an aromatic ring is 1. The first-order valence-corrected chi connectivity index (χ1v) is 6.79. The number of nitrogens with one attached hydrogen (secondary N) is 2. The molecule has 0 unspecified atom stereocenters. The van der Waals surface area contributed by atoms with E-state index in [9.17, 15) is 0 Å². The SMILES string of the molecule is CN(C)c1nc(NN)nc(Nc2cc(Br)ccc2Cl)n1. The second-order valence-electron chi connectivity index (χ2n) is 4.07. The molecule has 20 heavy (non-hydrogen) atoms. The van der Waals surface area contributed by atoms with Crippen molar-refractivity contribution in [3.63, 3.8) is 0 Å². The van der Waals surface area contributed by atoms with Crippen LogP contribution in [0.3, 0.4) is 0 Å². The highest BCUT2D eigenvalue weighted by Crippen LogP contribution is 2.28. The van der Waals surface area contributed by atoms with E-state index in [-0.39, 0.29) is 5.95 Å². The minimum atomic E-state index is 0.261. The minimum absolute atomic E-state index is 0.261. The first-order chi connectivity index (χ1) is 9.49. The zero-order chi connectivity index (χ0) is 14.7. The van der Waals surface area contributed by atoms with Gasteiger partial charge in [0.05, 0.1) is 10.7 Å². The smallest absolute Gasteiger partial charge is 0.243 e. The molecule has 1 aromatic carbocycles. The van der Waals surface area contributed by atoms with Gasteiger partial charge in [-0.25, -0.2) is 5.84 Å². The van der Waals surface area contributed by atoms with Crippen LogP contribution in [-0.4, -0.2) is 29.0 Å². The molecule has 0 bridgehead atoms. The molecule has 0 atom stereocenters. The summed E-state index contributed by atoms with van der Waals surface area (Å²) < 4.78 is 0.892. The summed E-state index contributed by atoms with van der Waals surface area (Å²) in [5.74, 6) is 6.43. The van der Waals surface area contributed by atoms with E-state index in [0.717, 1.165) is 4.47 Å². The average molecular weight is 359 g/mol. The highest BCUT2D eigenvalue weighted by molar-refractivity contribution is 9.10. The number of nitrogens with zero attached hydrogens (tertiary/aromatic N) is 4. The van der Waals surface area contributed by atoms with Gasteiger partial charge in [-0.1, -0.05) is 27.5 Å². The molecule has 7 nitrogen and oxygen atoms in total. The fourth-order valence-corrected chi connectivity index (χ4v) is 1.92. The van der Waals surface area contributed by atoms with Gasteiger partial charge < -0.3 is 10.2 Å². The molecule has 0 aliphatic heterocycles. The predicted octanol–water partition coefficient (Wildman–Crippen LogP) is 2.38. The summed E-state index contributed by atoms with van der Waals surface area (Å²) in [6.45, 7) is 0. The van der Waals surface area contributed by atoms with Crippen molar-refractivity contribution in [2.45, 2.75) is 0 Å². The van der Waals surface area contributed by atoms with Crippen LogP contribution in [0.25, 0.3) is 0 Å². The summed E-state index contributed by atoms with van der Waals surface area (Å²) >= 11 is 9.50. The summed E-state index contributed by atoms with van der Waals surface area (Å²) in [6.07, 6.45) is 0. The Labute approximate surface area is 129 Å². The van der Waals surface area contributed by atoms with E-state index in [2.05, 4.69) is 41.6 Å². The van der Waals surface area contributed by atoms with Crippen molar-refractivity contribution in [3.8, 4) is 0 Å². The summed E-state index contributed by atoms with van der Waals surface area (Å²) in [7, 11) is 3.65. The number of benzene rings is 1. The lowest BCUT2D eigenvalue weighted by molar-refractivity contribution is 0.957. The van der Waals surface area contributed by atoms with Gasteiger partial charge in [0.15, 0.2) is 0 Å². The van der Waals surface area contributed by atoms with Crippen LogP contribution in [0.4, 0.5) is 23.5 Å². The molecular formula is C11H13BrClN7. The number of hydrazine groups is 1. The quantitative estimate of drug-likeness (QED) is 0.571. The molecule has 1 aromatic heterocycles.